The van der Waals surface area contributed by atoms with E-state index in [1.54, 1.807) is 22.3 Å². The smallest absolute Gasteiger partial charge is 0.312 e. The Hall–Kier alpha value is -2.49. The lowest BCUT2D eigenvalue weighted by Gasteiger charge is -2.42. The fraction of sp³-hybridized carbons (Fsp3) is 0.478. The first-order chi connectivity index (χ1) is 15.5. The van der Waals surface area contributed by atoms with Crippen LogP contribution in [-0.4, -0.2) is 80.1 Å². The molecular weight excluding hydrogens is 431 g/mol. The number of para-hydroxylation sites is 1. The summed E-state index contributed by atoms with van der Waals surface area (Å²) in [6, 6.07) is 10.6. The molecule has 1 N–H and O–H groups in total. The van der Waals surface area contributed by atoms with Crippen LogP contribution in [0.15, 0.2) is 41.8 Å². The number of ether oxygens (including phenoxy) is 1. The van der Waals surface area contributed by atoms with Gasteiger partial charge in [0.15, 0.2) is 0 Å². The Morgan fingerprint density at radius 1 is 1.03 bits per heavy atom. The lowest BCUT2D eigenvalue weighted by Crippen LogP contribution is -2.55. The number of carbonyl (C=O) groups is 2. The molecule has 0 radical (unpaired) electrons. The molecule has 1 aromatic carbocycles. The average molecular weight is 461 g/mol. The highest BCUT2D eigenvalue weighted by Gasteiger charge is 2.33. The van der Waals surface area contributed by atoms with Crippen LogP contribution in [-0.2, 0) is 14.3 Å². The van der Waals surface area contributed by atoms with E-state index in [4.69, 9.17) is 4.74 Å². The molecule has 9 heteroatoms. The molecule has 2 aromatic rings. The van der Waals surface area contributed by atoms with Gasteiger partial charge in [0.1, 0.15) is 5.82 Å². The Bertz CT molecular complexity index is 912. The predicted octanol–water partition coefficient (Wildman–Crippen LogP) is 2.11. The van der Waals surface area contributed by atoms with E-state index in [-0.39, 0.29) is 17.9 Å². The van der Waals surface area contributed by atoms with Gasteiger partial charge in [-0.2, -0.15) is 0 Å². The van der Waals surface area contributed by atoms with Crippen molar-refractivity contribution in [3.05, 3.63) is 52.5 Å². The van der Waals surface area contributed by atoms with Crippen LogP contribution in [0, 0.1) is 5.82 Å². The van der Waals surface area contributed by atoms with Gasteiger partial charge in [0.25, 0.3) is 0 Å². The zero-order chi connectivity index (χ0) is 22.5. The third-order valence-electron chi connectivity index (χ3n) is 6.06. The number of hydrogen-bond donors (Lipinski definition) is 1. The van der Waals surface area contributed by atoms with Gasteiger partial charge in [0, 0.05) is 50.2 Å². The second-order valence-electron chi connectivity index (χ2n) is 8.10. The van der Waals surface area contributed by atoms with E-state index in [0.29, 0.717) is 45.1 Å². The summed E-state index contributed by atoms with van der Waals surface area (Å²) in [6.07, 6.45) is 0. The van der Waals surface area contributed by atoms with Gasteiger partial charge in [0.2, 0.25) is 0 Å². The maximum atomic E-state index is 14.2. The van der Waals surface area contributed by atoms with Crippen LogP contribution in [0.1, 0.15) is 17.8 Å². The summed E-state index contributed by atoms with van der Waals surface area (Å²) in [7, 11) is 0. The zero-order valence-electron chi connectivity index (χ0n) is 18.2. The first-order valence-electron chi connectivity index (χ1n) is 11.0. The number of benzene rings is 1. The number of rotatable bonds is 5. The fourth-order valence-corrected chi connectivity index (χ4v) is 5.37. The first-order valence-corrected chi connectivity index (χ1v) is 11.9. The third kappa shape index (κ3) is 5.11. The van der Waals surface area contributed by atoms with E-state index < -0.39 is 11.8 Å². The van der Waals surface area contributed by atoms with Crippen LogP contribution in [0.4, 0.5) is 10.1 Å². The van der Waals surface area contributed by atoms with Gasteiger partial charge in [-0.05, 0) is 30.5 Å². The Balaban J connectivity index is 1.42. The zero-order valence-corrected chi connectivity index (χ0v) is 19.0. The molecule has 0 spiro atoms. The summed E-state index contributed by atoms with van der Waals surface area (Å²) in [6.45, 7) is 6.57. The monoisotopic (exact) mass is 460 g/mol. The molecule has 1 aromatic heterocycles. The van der Waals surface area contributed by atoms with Crippen LogP contribution >= 0.6 is 11.3 Å². The molecule has 0 aliphatic carbocycles. The summed E-state index contributed by atoms with van der Waals surface area (Å²) < 4.78 is 19.5. The molecule has 32 heavy (non-hydrogen) atoms. The van der Waals surface area contributed by atoms with Crippen LogP contribution in [0.3, 0.4) is 0 Å². The van der Waals surface area contributed by atoms with Gasteiger partial charge in [0.05, 0.1) is 24.9 Å². The lowest BCUT2D eigenvalue weighted by molar-refractivity contribution is -0.149. The number of halogens is 1. The van der Waals surface area contributed by atoms with Gasteiger partial charge in [-0.1, -0.05) is 18.2 Å². The van der Waals surface area contributed by atoms with Gasteiger partial charge in [-0.25, -0.2) is 4.39 Å². The van der Waals surface area contributed by atoms with Crippen molar-refractivity contribution in [2.75, 3.05) is 57.4 Å². The average Bonchev–Trinajstić information content (AvgIpc) is 3.34. The molecule has 2 saturated heterocycles. The largest absolute Gasteiger partial charge is 0.378 e. The van der Waals surface area contributed by atoms with E-state index >= 15 is 0 Å². The summed E-state index contributed by atoms with van der Waals surface area (Å²) in [5.74, 6) is -1.29. The lowest BCUT2D eigenvalue weighted by atomic mass is 10.0. The molecule has 0 saturated carbocycles. The number of morpholine rings is 1. The number of thiophene rings is 1. The molecule has 2 amide bonds. The number of anilines is 1. The highest BCUT2D eigenvalue weighted by atomic mass is 32.1. The topological polar surface area (TPSA) is 65.1 Å². The van der Waals surface area contributed by atoms with E-state index in [9.17, 15) is 14.0 Å². The molecule has 4 rings (SSSR count). The number of piperazine rings is 1. The molecule has 2 fully saturated rings. The van der Waals surface area contributed by atoms with Crippen molar-refractivity contribution in [3.8, 4) is 0 Å². The molecule has 172 valence electrons. The number of amides is 2. The van der Waals surface area contributed by atoms with Crippen molar-refractivity contribution >= 4 is 28.8 Å². The number of hydrogen-bond acceptors (Lipinski definition) is 6. The molecule has 7 nitrogen and oxygen atoms in total. The van der Waals surface area contributed by atoms with Crippen LogP contribution in [0.2, 0.25) is 0 Å². The maximum absolute atomic E-state index is 14.2. The Morgan fingerprint density at radius 3 is 2.41 bits per heavy atom. The van der Waals surface area contributed by atoms with Crippen LogP contribution in [0.5, 0.6) is 0 Å². The maximum Gasteiger partial charge on any atom is 0.312 e. The number of nitrogens with zero attached hydrogens (tertiary/aromatic N) is 3. The van der Waals surface area contributed by atoms with Gasteiger partial charge in [-0.15, -0.1) is 11.3 Å². The molecule has 2 atom stereocenters. The van der Waals surface area contributed by atoms with Gasteiger partial charge >= 0.3 is 11.8 Å². The standard InChI is InChI=1S/C23H29FN4O3S/c1-17(25-22(29)23(30)28-12-14-31-15-13-28)21(20-7-4-16-32-20)27-10-8-26(9-11-27)19-6-3-2-5-18(19)24/h2-7,16-17,21H,8-15H2,1H3,(H,25,29)/t17-,21-/m0/s1. The minimum Gasteiger partial charge on any atom is -0.378 e. The normalized spacial score (nSPS) is 19.4. The summed E-state index contributed by atoms with van der Waals surface area (Å²) in [4.78, 5) is 32.3. The number of nitrogens with one attached hydrogen (secondary N) is 1. The summed E-state index contributed by atoms with van der Waals surface area (Å²) in [5.41, 5.74) is 0.622. The SMILES string of the molecule is C[C@H](NC(=O)C(=O)N1CCOCC1)[C@@H](c1cccs1)N1CCN(c2ccccc2F)CC1. The Labute approximate surface area is 191 Å². The van der Waals surface area contributed by atoms with Crippen LogP contribution < -0.4 is 10.2 Å². The van der Waals surface area contributed by atoms with Crippen molar-refractivity contribution < 1.29 is 18.7 Å². The second-order valence-corrected chi connectivity index (χ2v) is 9.08. The van der Waals surface area contributed by atoms with E-state index in [2.05, 4.69) is 21.2 Å². The van der Waals surface area contributed by atoms with Crippen molar-refractivity contribution in [3.63, 3.8) is 0 Å². The van der Waals surface area contributed by atoms with Crippen molar-refractivity contribution in [1.29, 1.82) is 0 Å². The van der Waals surface area contributed by atoms with Crippen molar-refractivity contribution in [1.82, 2.24) is 15.1 Å². The van der Waals surface area contributed by atoms with E-state index in [0.717, 1.165) is 18.0 Å². The molecule has 0 unspecified atom stereocenters. The molecule has 3 heterocycles. The molecule has 2 aliphatic rings. The second kappa shape index (κ2) is 10.4. The van der Waals surface area contributed by atoms with Crippen LogP contribution in [0.25, 0.3) is 0 Å². The van der Waals surface area contributed by atoms with Crippen molar-refractivity contribution in [2.24, 2.45) is 0 Å². The third-order valence-corrected chi connectivity index (χ3v) is 7.00. The number of carbonyl (C=O) groups excluding carboxylic acids is 2. The van der Waals surface area contributed by atoms with Crippen molar-refractivity contribution in [2.45, 2.75) is 19.0 Å². The highest BCUT2D eigenvalue weighted by Crippen LogP contribution is 2.30. The van der Waals surface area contributed by atoms with Gasteiger partial charge in [-0.3, -0.25) is 14.5 Å². The Morgan fingerprint density at radius 2 is 1.75 bits per heavy atom. The first kappa shape index (κ1) is 22.7. The minimum atomic E-state index is -0.578. The molecular formula is C23H29FN4O3S. The summed E-state index contributed by atoms with van der Waals surface area (Å²) in [5, 5.41) is 4.95. The minimum absolute atomic E-state index is 0.0563. The molecule has 0 bridgehead atoms. The predicted molar refractivity (Wildman–Crippen MR) is 122 cm³/mol. The molecule has 2 aliphatic heterocycles. The van der Waals surface area contributed by atoms with E-state index in [1.165, 1.54) is 6.07 Å². The van der Waals surface area contributed by atoms with E-state index in [1.807, 2.05) is 30.5 Å². The summed E-state index contributed by atoms with van der Waals surface area (Å²) >= 11 is 1.64. The fourth-order valence-electron chi connectivity index (χ4n) is 4.41. The Kier molecular flexibility index (Phi) is 7.39. The highest BCUT2D eigenvalue weighted by molar-refractivity contribution is 7.10. The van der Waals surface area contributed by atoms with Gasteiger partial charge < -0.3 is 19.9 Å². The quantitative estimate of drug-likeness (QED) is 0.693.